The Balaban J connectivity index is 1.96. The lowest BCUT2D eigenvalue weighted by Crippen LogP contribution is -2.34. The first kappa shape index (κ1) is 16.1. The van der Waals surface area contributed by atoms with E-state index in [2.05, 4.69) is 5.32 Å². The molecule has 1 amide bonds. The van der Waals surface area contributed by atoms with Gasteiger partial charge in [0, 0.05) is 12.1 Å². The third-order valence-electron chi connectivity index (χ3n) is 3.38. The van der Waals surface area contributed by atoms with Gasteiger partial charge < -0.3 is 14.5 Å². The summed E-state index contributed by atoms with van der Waals surface area (Å²) >= 11 is 0. The minimum atomic E-state index is -0.110. The maximum absolute atomic E-state index is 12.2. The van der Waals surface area contributed by atoms with Crippen molar-refractivity contribution in [1.29, 1.82) is 0 Å². The highest BCUT2D eigenvalue weighted by Gasteiger charge is 2.18. The fraction of sp³-hybridized carbons (Fsp3) is 0.353. The van der Waals surface area contributed by atoms with E-state index >= 15 is 0 Å². The summed E-state index contributed by atoms with van der Waals surface area (Å²) in [7, 11) is 3.91. The number of carbonyl (C=O) groups is 1. The van der Waals surface area contributed by atoms with Crippen LogP contribution in [0.2, 0.25) is 0 Å². The smallest absolute Gasteiger partial charge is 0.251 e. The largest absolute Gasteiger partial charge is 0.494 e. The molecule has 0 aliphatic rings. The molecule has 0 bridgehead atoms. The van der Waals surface area contributed by atoms with Gasteiger partial charge >= 0.3 is 0 Å². The zero-order valence-corrected chi connectivity index (χ0v) is 13.2. The average molecular weight is 302 g/mol. The Morgan fingerprint density at radius 1 is 1.27 bits per heavy atom. The van der Waals surface area contributed by atoms with Crippen molar-refractivity contribution in [3.05, 3.63) is 54.0 Å². The molecule has 5 nitrogen and oxygen atoms in total. The molecule has 1 N–H and O–H groups in total. The summed E-state index contributed by atoms with van der Waals surface area (Å²) in [5, 5.41) is 2.94. The molecule has 1 heterocycles. The summed E-state index contributed by atoms with van der Waals surface area (Å²) in [6.45, 7) is 3.02. The van der Waals surface area contributed by atoms with Gasteiger partial charge in [0.25, 0.3) is 5.91 Å². The van der Waals surface area contributed by atoms with Gasteiger partial charge in [0.15, 0.2) is 0 Å². The summed E-state index contributed by atoms with van der Waals surface area (Å²) in [5.74, 6) is 1.49. The van der Waals surface area contributed by atoms with E-state index in [0.29, 0.717) is 18.7 Å². The van der Waals surface area contributed by atoms with Gasteiger partial charge in [0.05, 0.1) is 18.9 Å². The number of amides is 1. The van der Waals surface area contributed by atoms with Crippen molar-refractivity contribution in [2.24, 2.45) is 0 Å². The van der Waals surface area contributed by atoms with Crippen LogP contribution in [0.5, 0.6) is 5.75 Å². The van der Waals surface area contributed by atoms with Crippen molar-refractivity contribution in [2.45, 2.75) is 13.0 Å². The molecule has 118 valence electrons. The molecule has 5 heteroatoms. The van der Waals surface area contributed by atoms with Crippen LogP contribution < -0.4 is 10.1 Å². The fourth-order valence-corrected chi connectivity index (χ4v) is 2.18. The van der Waals surface area contributed by atoms with E-state index in [1.807, 2.05) is 38.1 Å². The third-order valence-corrected chi connectivity index (χ3v) is 3.38. The maximum atomic E-state index is 12.2. The van der Waals surface area contributed by atoms with Gasteiger partial charge in [-0.3, -0.25) is 9.69 Å². The number of ether oxygens (including phenoxy) is 1. The van der Waals surface area contributed by atoms with Gasteiger partial charge in [-0.2, -0.15) is 0 Å². The molecule has 0 spiro atoms. The second-order valence-electron chi connectivity index (χ2n) is 5.16. The van der Waals surface area contributed by atoms with E-state index < -0.39 is 0 Å². The van der Waals surface area contributed by atoms with E-state index in [-0.39, 0.29) is 11.9 Å². The predicted octanol–water partition coefficient (Wildman–Crippen LogP) is 2.71. The van der Waals surface area contributed by atoms with E-state index in [0.717, 1.165) is 11.5 Å². The minimum Gasteiger partial charge on any atom is -0.494 e. The molecule has 2 aromatic rings. The SMILES string of the molecule is CCOc1ccc(C(=O)NCC(c2ccco2)N(C)C)cc1. The zero-order valence-electron chi connectivity index (χ0n) is 13.2. The van der Waals surface area contributed by atoms with Gasteiger partial charge in [-0.05, 0) is 57.4 Å². The molecule has 0 aliphatic carbocycles. The summed E-state index contributed by atoms with van der Waals surface area (Å²) in [6, 6.07) is 10.9. The first-order chi connectivity index (χ1) is 10.6. The van der Waals surface area contributed by atoms with Gasteiger partial charge in [-0.15, -0.1) is 0 Å². The molecule has 2 rings (SSSR count). The van der Waals surface area contributed by atoms with Crippen LogP contribution >= 0.6 is 0 Å². The van der Waals surface area contributed by atoms with Crippen LogP contribution in [0, 0.1) is 0 Å². The Kier molecular flexibility index (Phi) is 5.61. The van der Waals surface area contributed by atoms with Crippen molar-refractivity contribution in [1.82, 2.24) is 10.2 Å². The topological polar surface area (TPSA) is 54.7 Å². The first-order valence-electron chi connectivity index (χ1n) is 7.32. The van der Waals surface area contributed by atoms with Crippen LogP contribution in [0.1, 0.15) is 29.1 Å². The Morgan fingerprint density at radius 3 is 2.55 bits per heavy atom. The normalized spacial score (nSPS) is 12.2. The fourth-order valence-electron chi connectivity index (χ4n) is 2.18. The third kappa shape index (κ3) is 4.11. The number of nitrogens with zero attached hydrogens (tertiary/aromatic N) is 1. The Labute approximate surface area is 130 Å². The molecule has 1 aromatic heterocycles. The highest BCUT2D eigenvalue weighted by Crippen LogP contribution is 2.18. The van der Waals surface area contributed by atoms with Crippen LogP contribution in [-0.2, 0) is 0 Å². The van der Waals surface area contributed by atoms with Gasteiger partial charge in [0.1, 0.15) is 11.5 Å². The van der Waals surface area contributed by atoms with E-state index in [4.69, 9.17) is 9.15 Å². The number of furan rings is 1. The number of benzene rings is 1. The van der Waals surface area contributed by atoms with Crippen molar-refractivity contribution < 1.29 is 13.9 Å². The lowest BCUT2D eigenvalue weighted by molar-refractivity contribution is 0.0939. The molecule has 22 heavy (non-hydrogen) atoms. The van der Waals surface area contributed by atoms with Gasteiger partial charge in [-0.25, -0.2) is 0 Å². The summed E-state index contributed by atoms with van der Waals surface area (Å²) in [5.41, 5.74) is 0.611. The number of hydrogen-bond acceptors (Lipinski definition) is 4. The second-order valence-corrected chi connectivity index (χ2v) is 5.16. The molecule has 1 aromatic carbocycles. The number of likely N-dealkylation sites (N-methyl/N-ethyl adjacent to an activating group) is 1. The first-order valence-corrected chi connectivity index (χ1v) is 7.32. The minimum absolute atomic E-state index is 0.00153. The highest BCUT2D eigenvalue weighted by atomic mass is 16.5. The van der Waals surface area contributed by atoms with Crippen LogP contribution in [0.25, 0.3) is 0 Å². The zero-order chi connectivity index (χ0) is 15.9. The van der Waals surface area contributed by atoms with E-state index in [1.165, 1.54) is 0 Å². The van der Waals surface area contributed by atoms with Crippen LogP contribution in [0.4, 0.5) is 0 Å². The molecule has 1 unspecified atom stereocenters. The molecule has 0 fully saturated rings. The lowest BCUT2D eigenvalue weighted by Gasteiger charge is -2.22. The van der Waals surface area contributed by atoms with Crippen molar-refractivity contribution in [3.8, 4) is 5.75 Å². The van der Waals surface area contributed by atoms with E-state index in [1.54, 1.807) is 30.5 Å². The number of hydrogen-bond donors (Lipinski definition) is 1. The molecular weight excluding hydrogens is 280 g/mol. The number of nitrogens with one attached hydrogen (secondary N) is 1. The van der Waals surface area contributed by atoms with Crippen molar-refractivity contribution in [3.63, 3.8) is 0 Å². The van der Waals surface area contributed by atoms with Crippen LogP contribution in [-0.4, -0.2) is 38.1 Å². The maximum Gasteiger partial charge on any atom is 0.251 e. The summed E-state index contributed by atoms with van der Waals surface area (Å²) in [4.78, 5) is 14.2. The van der Waals surface area contributed by atoms with Crippen LogP contribution in [0.15, 0.2) is 47.1 Å². The molecule has 0 aliphatic heterocycles. The lowest BCUT2D eigenvalue weighted by atomic mass is 10.1. The van der Waals surface area contributed by atoms with Crippen LogP contribution in [0.3, 0.4) is 0 Å². The Morgan fingerprint density at radius 2 is 2.00 bits per heavy atom. The average Bonchev–Trinajstić information content (AvgIpc) is 3.02. The molecule has 0 saturated heterocycles. The monoisotopic (exact) mass is 302 g/mol. The molecule has 0 saturated carbocycles. The van der Waals surface area contributed by atoms with Gasteiger partial charge in [0.2, 0.25) is 0 Å². The van der Waals surface area contributed by atoms with Gasteiger partial charge in [-0.1, -0.05) is 0 Å². The highest BCUT2D eigenvalue weighted by molar-refractivity contribution is 5.94. The molecule has 1 atom stereocenters. The number of carbonyl (C=O) groups excluding carboxylic acids is 1. The Hall–Kier alpha value is -2.27. The summed E-state index contributed by atoms with van der Waals surface area (Å²) in [6.07, 6.45) is 1.64. The molecule has 0 radical (unpaired) electrons. The standard InChI is InChI=1S/C17H22N2O3/c1-4-21-14-9-7-13(8-10-14)17(20)18-12-15(19(2)3)16-6-5-11-22-16/h5-11,15H,4,12H2,1-3H3,(H,18,20). The second kappa shape index (κ2) is 7.66. The van der Waals surface area contributed by atoms with E-state index in [9.17, 15) is 4.79 Å². The summed E-state index contributed by atoms with van der Waals surface area (Å²) < 4.78 is 10.8. The predicted molar refractivity (Wildman–Crippen MR) is 85.1 cm³/mol. The quantitative estimate of drug-likeness (QED) is 0.854. The molecular formula is C17H22N2O3. The Bertz CT molecular complexity index is 576. The van der Waals surface area contributed by atoms with Crippen molar-refractivity contribution in [2.75, 3.05) is 27.2 Å². The van der Waals surface area contributed by atoms with Crippen molar-refractivity contribution >= 4 is 5.91 Å². The number of rotatable bonds is 7.